The summed E-state index contributed by atoms with van der Waals surface area (Å²) in [6, 6.07) is 7.06. The number of carbonyl (C=O) groups excluding carboxylic acids is 1. The van der Waals surface area contributed by atoms with Crippen LogP contribution in [0.3, 0.4) is 0 Å². The van der Waals surface area contributed by atoms with Gasteiger partial charge in [0, 0.05) is 34.9 Å². The summed E-state index contributed by atoms with van der Waals surface area (Å²) >= 11 is 3.34. The fourth-order valence-corrected chi connectivity index (χ4v) is 2.37. The Morgan fingerprint density at radius 1 is 1.42 bits per heavy atom. The lowest BCUT2D eigenvalue weighted by Gasteiger charge is -2.17. The monoisotopic (exact) mass is 322 g/mol. The molecule has 2 aromatic rings. The Morgan fingerprint density at radius 2 is 2.16 bits per heavy atom. The van der Waals surface area contributed by atoms with Gasteiger partial charge in [0.1, 0.15) is 5.76 Å². The molecular weight excluding hydrogens is 308 g/mol. The van der Waals surface area contributed by atoms with Gasteiger partial charge < -0.3 is 15.1 Å². The molecule has 19 heavy (non-hydrogen) atoms. The van der Waals surface area contributed by atoms with Gasteiger partial charge in [-0.1, -0.05) is 15.9 Å². The summed E-state index contributed by atoms with van der Waals surface area (Å²) in [7, 11) is 1.76. The zero-order valence-corrected chi connectivity index (χ0v) is 12.4. The molecule has 0 radical (unpaired) electrons. The summed E-state index contributed by atoms with van der Waals surface area (Å²) in [5, 5.41) is 0. The molecular formula is C14H15BrN2O2. The van der Waals surface area contributed by atoms with Crippen molar-refractivity contribution >= 4 is 27.5 Å². The van der Waals surface area contributed by atoms with Crippen LogP contribution in [0.4, 0.5) is 5.69 Å². The number of furan rings is 1. The van der Waals surface area contributed by atoms with Gasteiger partial charge in [-0.15, -0.1) is 0 Å². The van der Waals surface area contributed by atoms with Crippen LogP contribution in [0.25, 0.3) is 0 Å². The molecule has 0 atom stereocenters. The highest BCUT2D eigenvalue weighted by Gasteiger charge is 2.14. The van der Waals surface area contributed by atoms with Crippen molar-refractivity contribution < 1.29 is 9.21 Å². The first-order valence-corrected chi connectivity index (χ1v) is 6.61. The van der Waals surface area contributed by atoms with E-state index in [1.54, 1.807) is 36.4 Å². The van der Waals surface area contributed by atoms with E-state index < -0.39 is 0 Å². The van der Waals surface area contributed by atoms with Gasteiger partial charge in [0.2, 0.25) is 0 Å². The van der Waals surface area contributed by atoms with Gasteiger partial charge in [0.15, 0.2) is 0 Å². The van der Waals surface area contributed by atoms with E-state index in [0.717, 1.165) is 15.8 Å². The number of halogens is 1. The molecule has 1 aromatic carbocycles. The minimum atomic E-state index is -0.0754. The van der Waals surface area contributed by atoms with Crippen molar-refractivity contribution in [2.45, 2.75) is 13.5 Å². The smallest absolute Gasteiger partial charge is 0.254 e. The summed E-state index contributed by atoms with van der Waals surface area (Å²) in [5.74, 6) is 0.752. The van der Waals surface area contributed by atoms with Gasteiger partial charge in [-0.05, 0) is 31.2 Å². The third-order valence-electron chi connectivity index (χ3n) is 2.89. The first-order chi connectivity index (χ1) is 8.97. The van der Waals surface area contributed by atoms with Crippen molar-refractivity contribution in [3.63, 3.8) is 0 Å². The number of nitrogen functional groups attached to an aromatic ring is 1. The van der Waals surface area contributed by atoms with Gasteiger partial charge in [0.05, 0.1) is 6.26 Å². The van der Waals surface area contributed by atoms with Crippen molar-refractivity contribution in [1.29, 1.82) is 0 Å². The molecule has 100 valence electrons. The number of nitrogens with two attached hydrogens (primary N) is 1. The highest BCUT2D eigenvalue weighted by Crippen LogP contribution is 2.19. The molecule has 0 aliphatic carbocycles. The van der Waals surface area contributed by atoms with Gasteiger partial charge in [-0.25, -0.2) is 0 Å². The Morgan fingerprint density at radius 3 is 2.74 bits per heavy atom. The quantitative estimate of drug-likeness (QED) is 0.883. The third kappa shape index (κ3) is 3.17. The Kier molecular flexibility index (Phi) is 3.95. The second kappa shape index (κ2) is 5.48. The van der Waals surface area contributed by atoms with E-state index in [1.807, 2.05) is 13.0 Å². The summed E-state index contributed by atoms with van der Waals surface area (Å²) in [5.41, 5.74) is 7.87. The first kappa shape index (κ1) is 13.7. The number of aryl methyl sites for hydroxylation is 1. The van der Waals surface area contributed by atoms with Crippen molar-refractivity contribution in [2.75, 3.05) is 12.8 Å². The molecule has 1 amide bonds. The van der Waals surface area contributed by atoms with Crippen LogP contribution in [0.2, 0.25) is 0 Å². The van der Waals surface area contributed by atoms with Crippen molar-refractivity contribution in [3.05, 3.63) is 51.9 Å². The molecule has 0 fully saturated rings. The molecule has 2 N–H and O–H groups in total. The van der Waals surface area contributed by atoms with Crippen LogP contribution in [-0.4, -0.2) is 17.9 Å². The van der Waals surface area contributed by atoms with E-state index in [4.69, 9.17) is 10.2 Å². The minimum absolute atomic E-state index is 0.0754. The molecule has 0 bridgehead atoms. The normalized spacial score (nSPS) is 10.5. The number of rotatable bonds is 3. The van der Waals surface area contributed by atoms with Crippen LogP contribution < -0.4 is 5.73 Å². The van der Waals surface area contributed by atoms with Crippen LogP contribution in [0.5, 0.6) is 0 Å². The third-order valence-corrected chi connectivity index (χ3v) is 3.35. The van der Waals surface area contributed by atoms with Crippen molar-refractivity contribution in [3.8, 4) is 0 Å². The molecule has 0 aliphatic rings. The Balaban J connectivity index is 2.17. The molecule has 0 aliphatic heterocycles. The van der Waals surface area contributed by atoms with Crippen LogP contribution in [0, 0.1) is 6.92 Å². The van der Waals surface area contributed by atoms with Crippen LogP contribution >= 0.6 is 15.9 Å². The fourth-order valence-electron chi connectivity index (χ4n) is 1.86. The zero-order valence-electron chi connectivity index (χ0n) is 10.8. The van der Waals surface area contributed by atoms with E-state index in [9.17, 15) is 4.79 Å². The number of amides is 1. The van der Waals surface area contributed by atoms with Gasteiger partial charge >= 0.3 is 0 Å². The number of hydrogen-bond donors (Lipinski definition) is 1. The number of anilines is 1. The summed E-state index contributed by atoms with van der Waals surface area (Å²) < 4.78 is 6.02. The molecule has 1 heterocycles. The van der Waals surface area contributed by atoms with E-state index in [1.165, 1.54) is 0 Å². The van der Waals surface area contributed by atoms with Gasteiger partial charge in [-0.2, -0.15) is 0 Å². The first-order valence-electron chi connectivity index (χ1n) is 5.82. The van der Waals surface area contributed by atoms with Crippen LogP contribution in [-0.2, 0) is 6.54 Å². The topological polar surface area (TPSA) is 59.5 Å². The molecule has 5 heteroatoms. The highest BCUT2D eigenvalue weighted by atomic mass is 79.9. The Bertz CT molecular complexity index is 587. The second-order valence-electron chi connectivity index (χ2n) is 4.44. The number of benzene rings is 1. The average molecular weight is 323 g/mol. The van der Waals surface area contributed by atoms with Crippen LogP contribution in [0.1, 0.15) is 21.7 Å². The predicted octanol–water partition coefficient (Wildman–Crippen LogP) is 3.20. The minimum Gasteiger partial charge on any atom is -0.469 e. The number of carbonyl (C=O) groups is 1. The lowest BCUT2D eigenvalue weighted by Crippen LogP contribution is -2.26. The predicted molar refractivity (Wildman–Crippen MR) is 77.8 cm³/mol. The lowest BCUT2D eigenvalue weighted by molar-refractivity contribution is 0.0784. The second-order valence-corrected chi connectivity index (χ2v) is 5.35. The Labute approximate surface area is 120 Å². The van der Waals surface area contributed by atoms with E-state index in [2.05, 4.69) is 15.9 Å². The Hall–Kier alpha value is -1.75. The van der Waals surface area contributed by atoms with Gasteiger partial charge in [-0.3, -0.25) is 4.79 Å². The summed E-state index contributed by atoms with van der Waals surface area (Å²) in [4.78, 5) is 13.9. The molecule has 0 unspecified atom stereocenters. The summed E-state index contributed by atoms with van der Waals surface area (Å²) in [6.07, 6.45) is 1.63. The maximum absolute atomic E-state index is 12.3. The molecule has 2 rings (SSSR count). The van der Waals surface area contributed by atoms with Gasteiger partial charge in [0.25, 0.3) is 5.91 Å². The largest absolute Gasteiger partial charge is 0.469 e. The number of hydrogen-bond acceptors (Lipinski definition) is 3. The van der Waals surface area contributed by atoms with Crippen molar-refractivity contribution in [1.82, 2.24) is 4.90 Å². The molecule has 4 nitrogen and oxygen atoms in total. The number of nitrogens with zero attached hydrogens (tertiary/aromatic N) is 1. The maximum atomic E-state index is 12.3. The van der Waals surface area contributed by atoms with E-state index >= 15 is 0 Å². The zero-order chi connectivity index (χ0) is 14.0. The van der Waals surface area contributed by atoms with E-state index in [-0.39, 0.29) is 5.91 Å². The molecule has 0 saturated heterocycles. The van der Waals surface area contributed by atoms with Crippen molar-refractivity contribution in [2.24, 2.45) is 0 Å². The molecule has 0 spiro atoms. The molecule has 1 aromatic heterocycles. The highest BCUT2D eigenvalue weighted by molar-refractivity contribution is 9.10. The maximum Gasteiger partial charge on any atom is 0.254 e. The summed E-state index contributed by atoms with van der Waals surface area (Å²) in [6.45, 7) is 2.39. The lowest BCUT2D eigenvalue weighted by atomic mass is 10.1. The fraction of sp³-hybridized carbons (Fsp3) is 0.214. The molecule has 0 saturated carbocycles. The standard InChI is InChI=1S/C14H15BrN2O2/c1-9-10(3-4-19-9)8-17(2)14(18)11-5-12(15)7-13(16)6-11/h3-7H,8,16H2,1-2H3. The SMILES string of the molecule is Cc1occc1CN(C)C(=O)c1cc(N)cc(Br)c1. The van der Waals surface area contributed by atoms with E-state index in [0.29, 0.717) is 17.8 Å². The van der Waals surface area contributed by atoms with Crippen LogP contribution in [0.15, 0.2) is 39.4 Å². The average Bonchev–Trinajstić information content (AvgIpc) is 2.72.